The monoisotopic (exact) mass is 1750 g/mol. The third-order valence-corrected chi connectivity index (χ3v) is 24.6. The van der Waals surface area contributed by atoms with Crippen molar-refractivity contribution < 1.29 is 83.7 Å². The van der Waals surface area contributed by atoms with Crippen molar-refractivity contribution in [2.75, 3.05) is 85.9 Å². The maximum Gasteiger partial charge on any atom is 0.269 e. The molecule has 0 atom stereocenters. The molecule has 11 aromatic rings. The second-order valence-corrected chi connectivity index (χ2v) is 32.5. The Labute approximate surface area is 681 Å². The molecule has 38 heteroatoms. The molecule has 5 heterocycles. The van der Waals surface area contributed by atoms with Gasteiger partial charge in [-0.15, -0.1) is 45.6 Å². The van der Waals surface area contributed by atoms with Crippen LogP contribution in [0.25, 0.3) is 0 Å². The summed E-state index contributed by atoms with van der Waals surface area (Å²) in [6.45, 7) is -0.427. The molecule has 0 radical (unpaired) electrons. The smallest absolute Gasteiger partial charge is 0.269 e. The Hall–Kier alpha value is -11.6. The van der Waals surface area contributed by atoms with Gasteiger partial charge in [0.25, 0.3) is 31.9 Å². The van der Waals surface area contributed by atoms with Crippen molar-refractivity contribution in [3.63, 3.8) is 0 Å². The molecule has 0 bridgehead atoms. The van der Waals surface area contributed by atoms with Crippen molar-refractivity contribution in [1.29, 1.82) is 15.8 Å². The van der Waals surface area contributed by atoms with Crippen molar-refractivity contribution in [1.82, 2.24) is 15.0 Å². The fourth-order valence-corrected chi connectivity index (χ4v) is 17.5. The summed E-state index contributed by atoms with van der Waals surface area (Å²) in [5.41, 5.74) is 10.1. The Morgan fingerprint density at radius 1 is 0.584 bits per heavy atom. The third kappa shape index (κ3) is 21.9. The highest BCUT2D eigenvalue weighted by atomic mass is 79.9. The summed E-state index contributed by atoms with van der Waals surface area (Å²) in [5, 5.41) is 42.4. The van der Waals surface area contributed by atoms with Gasteiger partial charge in [0.15, 0.2) is 33.3 Å². The number of sulfone groups is 1. The van der Waals surface area contributed by atoms with Crippen LogP contribution in [-0.2, 0) is 63.1 Å². The lowest BCUT2D eigenvalue weighted by Gasteiger charge is -2.31. The highest BCUT2D eigenvalue weighted by Gasteiger charge is 2.35. The third-order valence-electron chi connectivity index (χ3n) is 15.6. The number of ether oxygens (including phenoxy) is 7. The number of carbonyl (C=O) groups excluding carboxylic acids is 3. The number of carbonyl (C=O) groups is 3. The van der Waals surface area contributed by atoms with Gasteiger partial charge in [-0.2, -0.15) is 15.8 Å². The maximum absolute atomic E-state index is 13.9. The topological polar surface area (TPSA) is 387 Å². The number of rotatable bonds is 21. The van der Waals surface area contributed by atoms with E-state index in [1.165, 1.54) is 134 Å². The molecule has 0 saturated carbocycles. The van der Waals surface area contributed by atoms with Crippen molar-refractivity contribution in [2.24, 2.45) is 0 Å². The van der Waals surface area contributed by atoms with Crippen LogP contribution < -0.4 is 57.3 Å². The van der Waals surface area contributed by atoms with Gasteiger partial charge in [0.05, 0.1) is 146 Å². The Morgan fingerprint density at radius 2 is 0.973 bits per heavy atom. The molecule has 0 saturated heterocycles. The number of sulfonamides is 2. The number of thiazole rings is 3. The number of phenols is 1. The number of nitrogens with two attached hydrogens (primary N) is 1. The number of phenolic OH excluding ortho intramolecular Hbond substituents is 1. The first-order valence-corrected chi connectivity index (χ1v) is 41.0. The molecular formula is C75H65BrCl2FN11O17S6. The minimum atomic E-state index is -4.08. The summed E-state index contributed by atoms with van der Waals surface area (Å²) in [4.78, 5) is 50.2. The van der Waals surface area contributed by atoms with Crippen molar-refractivity contribution in [3.05, 3.63) is 230 Å². The second kappa shape index (κ2) is 40.5. The van der Waals surface area contributed by atoms with E-state index in [1.807, 2.05) is 18.2 Å². The van der Waals surface area contributed by atoms with Gasteiger partial charge in [-0.3, -0.25) is 28.6 Å². The van der Waals surface area contributed by atoms with Gasteiger partial charge in [0.2, 0.25) is 5.24 Å². The molecule has 2 aliphatic rings. The number of aromatic nitrogens is 3. The molecular weight excluding hydrogens is 1690 g/mol. The average Bonchev–Trinajstić information content (AvgIpc) is 1.06. The summed E-state index contributed by atoms with van der Waals surface area (Å²) in [6, 6.07) is 47.5. The van der Waals surface area contributed by atoms with E-state index in [9.17, 15) is 54.4 Å². The molecule has 2 amide bonds. The van der Waals surface area contributed by atoms with E-state index < -0.39 is 42.3 Å². The Balaban J connectivity index is 0.000000194. The normalized spacial score (nSPS) is 11.9. The van der Waals surface area contributed by atoms with Crippen LogP contribution in [0, 0.1) is 34.0 Å². The van der Waals surface area contributed by atoms with E-state index in [0.29, 0.717) is 83.5 Å². The Bertz CT molecular complexity index is 5680. The van der Waals surface area contributed by atoms with Gasteiger partial charge in [0, 0.05) is 65.1 Å². The molecule has 586 valence electrons. The number of nitrogens with zero attached hydrogens (tertiary/aromatic N) is 10. The first-order chi connectivity index (χ1) is 54.6. The minimum Gasteiger partial charge on any atom is -0.506 e. The van der Waals surface area contributed by atoms with Gasteiger partial charge in [-0.1, -0.05) is 24.3 Å². The number of nitrogen functional groups attached to an aromatic ring is 1. The first-order valence-electron chi connectivity index (χ1n) is 32.9. The van der Waals surface area contributed by atoms with Crippen LogP contribution in [0.1, 0.15) is 34.2 Å². The molecule has 28 nitrogen and oxygen atoms in total. The lowest BCUT2D eigenvalue weighted by Crippen LogP contribution is -2.36. The fraction of sp³-hybridized carbons (Fsp3) is 0.160. The molecule has 2 aliphatic heterocycles. The van der Waals surface area contributed by atoms with Crippen LogP contribution in [-0.4, -0.2) is 124 Å². The molecule has 0 unspecified atom stereocenters. The molecule has 13 rings (SSSR count). The average molecular weight is 1760 g/mol. The van der Waals surface area contributed by atoms with Crippen LogP contribution in [0.4, 0.5) is 43.1 Å². The van der Waals surface area contributed by atoms with Crippen LogP contribution in [0.5, 0.6) is 46.0 Å². The molecule has 3 aromatic heterocycles. The summed E-state index contributed by atoms with van der Waals surface area (Å²) in [5.74, 6) is 1.86. The van der Waals surface area contributed by atoms with Gasteiger partial charge >= 0.3 is 0 Å². The molecule has 3 N–H and O–H groups in total. The second-order valence-electron chi connectivity index (χ2n) is 22.5. The molecule has 113 heavy (non-hydrogen) atoms. The van der Waals surface area contributed by atoms with E-state index >= 15 is 0 Å². The van der Waals surface area contributed by atoms with Gasteiger partial charge in [0.1, 0.15) is 56.8 Å². The number of hydrogen-bond donors (Lipinski definition) is 2. The number of anilines is 7. The SMILES string of the molecule is COc1cc(C#N)ccc1Br.COc1cc(C#N)ccc1N1C(=O)COc2cc(S(=O)(=O)Cc3nccs3)ccc21.COc1ccc(CN(c2nccs2)S(=O)(=O)c2ccc(N)c(O)c2)cc1.COc1ccc(CN(c2nccs2)S(=O)(=O)c2ccc3c(c2)OCC(=O)N3c2ccc(C#N)cc2OC)cc1.O=C(Cl)CCl.[2H]CF. The molecule has 0 aliphatic carbocycles. The highest BCUT2D eigenvalue weighted by Crippen LogP contribution is 2.45. The van der Waals surface area contributed by atoms with E-state index in [4.69, 9.17) is 74.0 Å². The molecule has 8 aromatic carbocycles. The standard InChI is InChI=1S/C27H22N4O6S2.C20H15N3O5S2.C17H17N3O4S2.C8H6BrNO.C2H2Cl2O.CH3F/c1-35-20-6-3-18(4-7-20)16-30(27-29-11-12-38-27)39(33,34)21-8-10-23-25(14-21)37-17-26(32)31(23)22-9-5-19(15-28)13-24(22)36-2;1-27-17-8-13(10-21)2-4-15(17)23-16-5-3-14(9-18(16)28-11-20(23)24)30(25,26)12-19-22-6-7-29-19;1-24-13-4-2-12(3-5-13)11-20(17-19-8-9-25-17)26(22,23)14-6-7-15(18)16(21)10-14;1-11-8-4-6(5-10)2-3-7(8)9;3-1-2(4)5;1-2/h3-14H,16-17H2,1-2H3;2-9H,11-12H2,1H3;2-10,21H,11,18H2,1H3;2-4H,1H3;1H2;1H3/i;;;;;1D. The predicted molar refractivity (Wildman–Crippen MR) is 430 cm³/mol. The summed E-state index contributed by atoms with van der Waals surface area (Å²) >= 11 is 16.5. The zero-order valence-electron chi connectivity index (χ0n) is 60.9. The van der Waals surface area contributed by atoms with Crippen molar-refractivity contribution in [3.8, 4) is 64.2 Å². The van der Waals surface area contributed by atoms with Crippen LogP contribution in [0.15, 0.2) is 212 Å². The predicted octanol–water partition coefficient (Wildman–Crippen LogP) is 14.3. The van der Waals surface area contributed by atoms with Crippen molar-refractivity contribution >= 4 is 159 Å². The van der Waals surface area contributed by atoms with Gasteiger partial charge < -0.3 is 44.0 Å². The fourth-order valence-electron chi connectivity index (χ4n) is 10.2. The number of methoxy groups -OCH3 is 5. The van der Waals surface area contributed by atoms with Crippen LogP contribution in [0.3, 0.4) is 0 Å². The van der Waals surface area contributed by atoms with E-state index in [1.54, 1.807) is 141 Å². The molecule has 0 spiro atoms. The van der Waals surface area contributed by atoms with Crippen LogP contribution >= 0.6 is 73.1 Å². The van der Waals surface area contributed by atoms with Gasteiger partial charge in [-0.05, 0) is 142 Å². The Morgan fingerprint density at radius 3 is 1.36 bits per heavy atom. The first kappa shape index (κ1) is 85.4. The molecule has 0 fully saturated rings. The number of hydrogen-bond acceptors (Lipinski definition) is 27. The van der Waals surface area contributed by atoms with E-state index in [0.717, 1.165) is 21.7 Å². The van der Waals surface area contributed by atoms with Crippen LogP contribution in [0.2, 0.25) is 0 Å². The zero-order chi connectivity index (χ0) is 82.9. The van der Waals surface area contributed by atoms with E-state index in [2.05, 4.69) is 30.9 Å². The number of alkyl halides is 2. The van der Waals surface area contributed by atoms with Gasteiger partial charge in [-0.25, -0.2) is 48.8 Å². The quantitative estimate of drug-likeness (QED) is 0.0292. The summed E-state index contributed by atoms with van der Waals surface area (Å²) < 4.78 is 136. The summed E-state index contributed by atoms with van der Waals surface area (Å²) in [7, 11) is -5.07. The number of benzene rings is 8. The number of nitriles is 3. The summed E-state index contributed by atoms with van der Waals surface area (Å²) in [6.07, 6.45) is 4.64. The lowest BCUT2D eigenvalue weighted by molar-refractivity contribution is -0.121. The van der Waals surface area contributed by atoms with Crippen molar-refractivity contribution in [2.45, 2.75) is 33.5 Å². The number of amides is 2. The largest absolute Gasteiger partial charge is 0.506 e. The number of fused-ring (bicyclic) bond motifs is 2. The number of halogens is 4. The van der Waals surface area contributed by atoms with E-state index in [-0.39, 0.29) is 87.4 Å². The zero-order valence-corrected chi connectivity index (χ0v) is 67.9. The maximum atomic E-state index is 13.9. The number of aromatic hydroxyl groups is 1. The Kier molecular flexibility index (Phi) is 30.6. The lowest BCUT2D eigenvalue weighted by atomic mass is 10.1. The highest BCUT2D eigenvalue weighted by molar-refractivity contribution is 9.10. The minimum absolute atomic E-state index is 0.0222.